The van der Waals surface area contributed by atoms with Crippen molar-refractivity contribution in [2.24, 2.45) is 0 Å². The number of aromatic nitrogens is 2. The van der Waals surface area contributed by atoms with Crippen molar-refractivity contribution in [2.45, 2.75) is 0 Å². The zero-order valence-electron chi connectivity index (χ0n) is 9.57. The Kier molecular flexibility index (Phi) is 3.06. The number of nitrogens with two attached hydrogens (primary N) is 1. The molecule has 0 spiro atoms. The van der Waals surface area contributed by atoms with Crippen molar-refractivity contribution in [2.75, 3.05) is 5.73 Å². The molecule has 1 aromatic heterocycles. The van der Waals surface area contributed by atoms with Gasteiger partial charge in [0.1, 0.15) is 5.82 Å². The van der Waals surface area contributed by atoms with E-state index in [0.717, 1.165) is 20.1 Å². The summed E-state index contributed by atoms with van der Waals surface area (Å²) in [6.07, 6.45) is 0. The number of rotatable bonds is 1. The highest BCUT2D eigenvalue weighted by Crippen LogP contribution is 2.33. The molecule has 0 amide bonds. The second-order valence-corrected chi connectivity index (χ2v) is 5.72. The van der Waals surface area contributed by atoms with Crippen LogP contribution in [0.4, 0.5) is 10.3 Å². The van der Waals surface area contributed by atoms with Crippen LogP contribution in [0.1, 0.15) is 0 Å². The molecule has 0 unspecified atom stereocenters. The Balaban J connectivity index is 2.40. The van der Waals surface area contributed by atoms with Gasteiger partial charge in [0.2, 0.25) is 5.95 Å². The largest absolute Gasteiger partial charge is 0.369 e. The number of hydrogen-bond acceptors (Lipinski definition) is 2. The van der Waals surface area contributed by atoms with Crippen molar-refractivity contribution in [3.8, 4) is 5.69 Å². The summed E-state index contributed by atoms with van der Waals surface area (Å²) in [7, 11) is 0. The zero-order chi connectivity index (χ0) is 13.6. The molecule has 1 heterocycles. The van der Waals surface area contributed by atoms with E-state index in [9.17, 15) is 4.39 Å². The molecule has 0 aliphatic rings. The van der Waals surface area contributed by atoms with Gasteiger partial charge in [0, 0.05) is 15.0 Å². The third-order valence-corrected chi connectivity index (χ3v) is 4.08. The number of benzene rings is 2. The van der Waals surface area contributed by atoms with Crippen LogP contribution in [0.15, 0.2) is 45.3 Å². The van der Waals surface area contributed by atoms with E-state index in [4.69, 9.17) is 5.73 Å². The van der Waals surface area contributed by atoms with Crippen molar-refractivity contribution in [1.82, 2.24) is 9.55 Å². The summed E-state index contributed by atoms with van der Waals surface area (Å²) in [6.45, 7) is 0. The topological polar surface area (TPSA) is 43.8 Å². The quantitative estimate of drug-likeness (QED) is 0.680. The van der Waals surface area contributed by atoms with Crippen LogP contribution in [-0.2, 0) is 0 Å². The molecule has 0 saturated carbocycles. The number of anilines is 1. The van der Waals surface area contributed by atoms with Gasteiger partial charge in [0.05, 0.1) is 16.7 Å². The Morgan fingerprint density at radius 2 is 1.79 bits per heavy atom. The van der Waals surface area contributed by atoms with Crippen LogP contribution in [0.2, 0.25) is 0 Å². The third-order valence-electron chi connectivity index (χ3n) is 2.80. The highest BCUT2D eigenvalue weighted by molar-refractivity contribution is 9.11. The molecule has 3 rings (SSSR count). The van der Waals surface area contributed by atoms with Gasteiger partial charge in [-0.25, -0.2) is 9.37 Å². The van der Waals surface area contributed by atoms with Gasteiger partial charge in [-0.1, -0.05) is 6.07 Å². The van der Waals surface area contributed by atoms with Crippen molar-refractivity contribution >= 4 is 48.8 Å². The summed E-state index contributed by atoms with van der Waals surface area (Å²) in [5.41, 5.74) is 8.09. The van der Waals surface area contributed by atoms with E-state index in [1.807, 2.05) is 18.2 Å². The fourth-order valence-corrected chi connectivity index (χ4v) is 3.36. The number of fused-ring (bicyclic) bond motifs is 1. The molecule has 0 fully saturated rings. The van der Waals surface area contributed by atoms with Crippen molar-refractivity contribution in [1.29, 1.82) is 0 Å². The standard InChI is InChI=1S/C13H8Br2FN3/c14-8-2-1-3-9(15)12(8)19-11-5-4-7(16)6-10(11)18-13(19)17/h1-6H,(H2,17,18). The summed E-state index contributed by atoms with van der Waals surface area (Å²) in [4.78, 5) is 4.19. The van der Waals surface area contributed by atoms with Gasteiger partial charge in [0.25, 0.3) is 0 Å². The lowest BCUT2D eigenvalue weighted by Crippen LogP contribution is -2.02. The first-order chi connectivity index (χ1) is 9.08. The lowest BCUT2D eigenvalue weighted by atomic mass is 10.2. The molecule has 19 heavy (non-hydrogen) atoms. The van der Waals surface area contributed by atoms with Crippen LogP contribution in [0.3, 0.4) is 0 Å². The number of hydrogen-bond donors (Lipinski definition) is 1. The minimum atomic E-state index is -0.330. The van der Waals surface area contributed by atoms with Crippen LogP contribution in [-0.4, -0.2) is 9.55 Å². The van der Waals surface area contributed by atoms with E-state index in [2.05, 4.69) is 36.8 Å². The number of nitrogen functional groups attached to an aromatic ring is 1. The molecule has 0 aliphatic heterocycles. The zero-order valence-corrected chi connectivity index (χ0v) is 12.7. The highest BCUT2D eigenvalue weighted by Gasteiger charge is 2.15. The molecule has 0 aliphatic carbocycles. The van der Waals surface area contributed by atoms with Crippen LogP contribution in [0, 0.1) is 5.82 Å². The lowest BCUT2D eigenvalue weighted by molar-refractivity contribution is 0.629. The van der Waals surface area contributed by atoms with Gasteiger partial charge in [-0.15, -0.1) is 0 Å². The molecular formula is C13H8Br2FN3. The second kappa shape index (κ2) is 4.61. The van der Waals surface area contributed by atoms with Gasteiger partial charge < -0.3 is 5.73 Å². The molecule has 0 radical (unpaired) electrons. The molecule has 2 aromatic carbocycles. The molecule has 2 N–H and O–H groups in total. The van der Waals surface area contributed by atoms with Crippen molar-refractivity contribution < 1.29 is 4.39 Å². The van der Waals surface area contributed by atoms with Gasteiger partial charge in [-0.05, 0) is 56.1 Å². The highest BCUT2D eigenvalue weighted by atomic mass is 79.9. The first-order valence-electron chi connectivity index (χ1n) is 5.46. The smallest absolute Gasteiger partial charge is 0.206 e. The monoisotopic (exact) mass is 383 g/mol. The van der Waals surface area contributed by atoms with Gasteiger partial charge in [-0.2, -0.15) is 0 Å². The predicted molar refractivity (Wildman–Crippen MR) is 80.8 cm³/mol. The van der Waals surface area contributed by atoms with E-state index in [1.165, 1.54) is 12.1 Å². The Morgan fingerprint density at radius 1 is 1.11 bits per heavy atom. The van der Waals surface area contributed by atoms with E-state index in [0.29, 0.717) is 11.5 Å². The Hall–Kier alpha value is -1.40. The fourth-order valence-electron chi connectivity index (χ4n) is 2.01. The molecule has 96 valence electrons. The number of para-hydroxylation sites is 1. The maximum Gasteiger partial charge on any atom is 0.206 e. The molecular weight excluding hydrogens is 377 g/mol. The molecule has 0 atom stereocenters. The number of halogens is 3. The SMILES string of the molecule is Nc1nc2cc(F)ccc2n1-c1c(Br)cccc1Br. The molecule has 3 aromatic rings. The van der Waals surface area contributed by atoms with Crippen LogP contribution in [0.5, 0.6) is 0 Å². The minimum Gasteiger partial charge on any atom is -0.369 e. The number of nitrogens with zero attached hydrogens (tertiary/aromatic N) is 2. The average Bonchev–Trinajstić information content (AvgIpc) is 2.65. The fraction of sp³-hybridized carbons (Fsp3) is 0. The molecule has 0 bridgehead atoms. The normalized spacial score (nSPS) is 11.1. The average molecular weight is 385 g/mol. The van der Waals surface area contributed by atoms with Crippen molar-refractivity contribution in [3.05, 3.63) is 51.2 Å². The van der Waals surface area contributed by atoms with E-state index < -0.39 is 0 Å². The maximum atomic E-state index is 13.2. The van der Waals surface area contributed by atoms with E-state index in [-0.39, 0.29) is 5.82 Å². The van der Waals surface area contributed by atoms with Crippen molar-refractivity contribution in [3.63, 3.8) is 0 Å². The Bertz CT molecular complexity index is 763. The minimum absolute atomic E-state index is 0.313. The second-order valence-electron chi connectivity index (χ2n) is 4.01. The number of imidazole rings is 1. The maximum absolute atomic E-state index is 13.2. The van der Waals surface area contributed by atoms with Crippen LogP contribution < -0.4 is 5.73 Å². The van der Waals surface area contributed by atoms with Gasteiger partial charge >= 0.3 is 0 Å². The first kappa shape index (κ1) is 12.6. The molecule has 6 heteroatoms. The third kappa shape index (κ3) is 2.04. The summed E-state index contributed by atoms with van der Waals surface area (Å²) >= 11 is 6.99. The van der Waals surface area contributed by atoms with Crippen LogP contribution in [0.25, 0.3) is 16.7 Å². The summed E-state index contributed by atoms with van der Waals surface area (Å²) < 4.78 is 16.8. The van der Waals surface area contributed by atoms with E-state index >= 15 is 0 Å². The van der Waals surface area contributed by atoms with Crippen LogP contribution >= 0.6 is 31.9 Å². The summed E-state index contributed by atoms with van der Waals surface area (Å²) in [5.74, 6) is -0.0171. The Morgan fingerprint density at radius 3 is 2.47 bits per heavy atom. The molecule has 0 saturated heterocycles. The Labute approximate surface area is 125 Å². The van der Waals surface area contributed by atoms with Gasteiger partial charge in [-0.3, -0.25) is 4.57 Å². The lowest BCUT2D eigenvalue weighted by Gasteiger charge is -2.11. The predicted octanol–water partition coefficient (Wildman–Crippen LogP) is 4.27. The first-order valence-corrected chi connectivity index (χ1v) is 7.04. The van der Waals surface area contributed by atoms with E-state index in [1.54, 1.807) is 10.6 Å². The summed E-state index contributed by atoms with van der Waals surface area (Å²) in [5, 5.41) is 0. The molecule has 3 nitrogen and oxygen atoms in total. The summed E-state index contributed by atoms with van der Waals surface area (Å²) in [6, 6.07) is 10.2. The van der Waals surface area contributed by atoms with Gasteiger partial charge in [0.15, 0.2) is 0 Å².